The molecule has 0 unspecified atom stereocenters. The maximum absolute atomic E-state index is 13.8. The third-order valence-electron chi connectivity index (χ3n) is 3.43. The van der Waals surface area contributed by atoms with Crippen molar-refractivity contribution in [3.05, 3.63) is 65.0 Å². The van der Waals surface area contributed by atoms with E-state index in [2.05, 4.69) is 36.1 Å². The van der Waals surface area contributed by atoms with Gasteiger partial charge in [-0.3, -0.25) is 4.90 Å². The Morgan fingerprint density at radius 1 is 1.00 bits per heavy atom. The van der Waals surface area contributed by atoms with E-state index >= 15 is 0 Å². The average molecular weight is 272 g/mol. The number of benzene rings is 2. The molecule has 0 saturated heterocycles. The Bertz CT molecular complexity index is 564. The van der Waals surface area contributed by atoms with Crippen LogP contribution >= 0.6 is 0 Å². The molecule has 0 heterocycles. The number of anilines is 1. The second-order valence-corrected chi connectivity index (χ2v) is 5.16. The number of nitrogens with zero attached hydrogens (tertiary/aromatic N) is 1. The lowest BCUT2D eigenvalue weighted by Crippen LogP contribution is -2.18. The second kappa shape index (κ2) is 6.53. The molecule has 2 nitrogen and oxygen atoms in total. The monoisotopic (exact) mass is 272 g/mol. The van der Waals surface area contributed by atoms with E-state index in [4.69, 9.17) is 5.73 Å². The first-order valence-corrected chi connectivity index (χ1v) is 6.89. The summed E-state index contributed by atoms with van der Waals surface area (Å²) in [5, 5.41) is 0. The highest BCUT2D eigenvalue weighted by Crippen LogP contribution is 2.17. The van der Waals surface area contributed by atoms with Crippen LogP contribution in [0.3, 0.4) is 0 Å². The molecule has 0 bridgehead atoms. The molecule has 3 heteroatoms. The first kappa shape index (κ1) is 14.5. The highest BCUT2D eigenvalue weighted by molar-refractivity contribution is 5.42. The summed E-state index contributed by atoms with van der Waals surface area (Å²) in [7, 11) is 1.98. The lowest BCUT2D eigenvalue weighted by molar-refractivity contribution is 0.314. The van der Waals surface area contributed by atoms with Gasteiger partial charge in [-0.05, 0) is 30.7 Å². The lowest BCUT2D eigenvalue weighted by Gasteiger charge is -2.18. The van der Waals surface area contributed by atoms with Gasteiger partial charge in [0.2, 0.25) is 0 Å². The molecule has 0 atom stereocenters. The smallest absolute Gasteiger partial charge is 0.150 e. The molecule has 2 N–H and O–H groups in total. The standard InChI is InChI=1S/C17H21FN2/c1-3-13-7-9-14(10-8-13)11-20(2)12-15-5-4-6-16(19)17(15)18/h4-10H,3,11-12,19H2,1-2H3. The first-order chi connectivity index (χ1) is 9.60. The van der Waals surface area contributed by atoms with Crippen molar-refractivity contribution in [3.63, 3.8) is 0 Å². The molecule has 0 saturated carbocycles. The number of halogens is 1. The SMILES string of the molecule is CCc1ccc(CN(C)Cc2cccc(N)c2F)cc1. The van der Waals surface area contributed by atoms with Crippen molar-refractivity contribution < 1.29 is 4.39 Å². The van der Waals surface area contributed by atoms with Gasteiger partial charge >= 0.3 is 0 Å². The highest BCUT2D eigenvalue weighted by atomic mass is 19.1. The molecule has 0 amide bonds. The predicted molar refractivity (Wildman–Crippen MR) is 81.8 cm³/mol. The fourth-order valence-corrected chi connectivity index (χ4v) is 2.26. The predicted octanol–water partition coefficient (Wildman–Crippen LogP) is 3.60. The van der Waals surface area contributed by atoms with Gasteiger partial charge in [-0.15, -0.1) is 0 Å². The summed E-state index contributed by atoms with van der Waals surface area (Å²) in [6, 6.07) is 13.7. The van der Waals surface area contributed by atoms with Gasteiger partial charge in [0.15, 0.2) is 5.82 Å². The first-order valence-electron chi connectivity index (χ1n) is 6.89. The Morgan fingerprint density at radius 2 is 1.65 bits per heavy atom. The maximum atomic E-state index is 13.8. The van der Waals surface area contributed by atoms with E-state index in [1.54, 1.807) is 18.2 Å². The molecular formula is C17H21FN2. The fourth-order valence-electron chi connectivity index (χ4n) is 2.26. The molecule has 0 aliphatic rings. The van der Waals surface area contributed by atoms with E-state index < -0.39 is 0 Å². The van der Waals surface area contributed by atoms with Gasteiger partial charge in [-0.25, -0.2) is 4.39 Å². The summed E-state index contributed by atoms with van der Waals surface area (Å²) in [5.74, 6) is -0.305. The number of hydrogen-bond acceptors (Lipinski definition) is 2. The molecule has 0 radical (unpaired) electrons. The molecule has 0 spiro atoms. The van der Waals surface area contributed by atoms with Gasteiger partial charge in [0.05, 0.1) is 5.69 Å². The van der Waals surface area contributed by atoms with Crippen molar-refractivity contribution in [2.24, 2.45) is 0 Å². The molecule has 0 aliphatic heterocycles. The molecule has 0 fully saturated rings. The molecule has 0 aliphatic carbocycles. The number of hydrogen-bond donors (Lipinski definition) is 1. The Morgan fingerprint density at radius 3 is 2.30 bits per heavy atom. The van der Waals surface area contributed by atoms with Crippen LogP contribution in [0.4, 0.5) is 10.1 Å². The summed E-state index contributed by atoms with van der Waals surface area (Å²) >= 11 is 0. The van der Waals surface area contributed by atoms with Crippen molar-refractivity contribution in [1.29, 1.82) is 0 Å². The molecule has 106 valence electrons. The van der Waals surface area contributed by atoms with Crippen LogP contribution in [0.25, 0.3) is 0 Å². The average Bonchev–Trinajstić information content (AvgIpc) is 2.45. The van der Waals surface area contributed by atoms with E-state index in [1.807, 2.05) is 7.05 Å². The molecule has 2 aromatic rings. The van der Waals surface area contributed by atoms with Gasteiger partial charge in [0, 0.05) is 18.7 Å². The third kappa shape index (κ3) is 3.58. The van der Waals surface area contributed by atoms with E-state index in [-0.39, 0.29) is 11.5 Å². The highest BCUT2D eigenvalue weighted by Gasteiger charge is 2.08. The molecule has 0 aromatic heterocycles. The largest absolute Gasteiger partial charge is 0.396 e. The minimum Gasteiger partial charge on any atom is -0.396 e. The van der Waals surface area contributed by atoms with Crippen LogP contribution in [0.15, 0.2) is 42.5 Å². The quantitative estimate of drug-likeness (QED) is 0.843. The van der Waals surface area contributed by atoms with Gasteiger partial charge in [-0.2, -0.15) is 0 Å². The lowest BCUT2D eigenvalue weighted by atomic mass is 10.1. The Balaban J connectivity index is 2.01. The van der Waals surface area contributed by atoms with Crippen LogP contribution in [0.2, 0.25) is 0 Å². The summed E-state index contributed by atoms with van der Waals surface area (Å²) in [5.41, 5.74) is 9.00. The molecule has 20 heavy (non-hydrogen) atoms. The minimum atomic E-state index is -0.305. The zero-order valence-corrected chi connectivity index (χ0v) is 12.1. The van der Waals surface area contributed by atoms with Crippen molar-refractivity contribution in [2.75, 3.05) is 12.8 Å². The van der Waals surface area contributed by atoms with Crippen LogP contribution in [0.5, 0.6) is 0 Å². The van der Waals surface area contributed by atoms with Crippen LogP contribution in [-0.2, 0) is 19.5 Å². The van der Waals surface area contributed by atoms with Crippen molar-refractivity contribution in [3.8, 4) is 0 Å². The van der Waals surface area contributed by atoms with Gasteiger partial charge in [0.1, 0.15) is 0 Å². The minimum absolute atomic E-state index is 0.211. The number of rotatable bonds is 5. The number of nitrogens with two attached hydrogens (primary N) is 1. The topological polar surface area (TPSA) is 29.3 Å². The van der Waals surface area contributed by atoms with Crippen molar-refractivity contribution >= 4 is 5.69 Å². The van der Waals surface area contributed by atoms with E-state index in [0.717, 1.165) is 13.0 Å². The van der Waals surface area contributed by atoms with Crippen LogP contribution in [0.1, 0.15) is 23.6 Å². The number of nitrogen functional groups attached to an aromatic ring is 1. The Labute approximate surface area is 120 Å². The van der Waals surface area contributed by atoms with Gasteiger partial charge < -0.3 is 5.73 Å². The molecular weight excluding hydrogens is 251 g/mol. The second-order valence-electron chi connectivity index (χ2n) is 5.16. The van der Waals surface area contributed by atoms with Crippen LogP contribution in [0, 0.1) is 5.82 Å². The summed E-state index contributed by atoms with van der Waals surface area (Å²) in [6.07, 6.45) is 1.05. The number of aryl methyl sites for hydroxylation is 1. The van der Waals surface area contributed by atoms with Gasteiger partial charge in [-0.1, -0.05) is 43.3 Å². The van der Waals surface area contributed by atoms with E-state index in [9.17, 15) is 4.39 Å². The van der Waals surface area contributed by atoms with Crippen molar-refractivity contribution in [1.82, 2.24) is 4.90 Å². The zero-order valence-electron chi connectivity index (χ0n) is 12.1. The third-order valence-corrected chi connectivity index (χ3v) is 3.43. The Hall–Kier alpha value is -1.87. The zero-order chi connectivity index (χ0) is 14.5. The van der Waals surface area contributed by atoms with Crippen LogP contribution in [-0.4, -0.2) is 11.9 Å². The fraction of sp³-hybridized carbons (Fsp3) is 0.294. The molecule has 2 aromatic carbocycles. The maximum Gasteiger partial charge on any atom is 0.150 e. The normalized spacial score (nSPS) is 11.0. The summed E-state index contributed by atoms with van der Waals surface area (Å²) in [6.45, 7) is 3.48. The van der Waals surface area contributed by atoms with E-state index in [0.29, 0.717) is 12.1 Å². The van der Waals surface area contributed by atoms with E-state index in [1.165, 1.54) is 11.1 Å². The van der Waals surface area contributed by atoms with Crippen molar-refractivity contribution in [2.45, 2.75) is 26.4 Å². The van der Waals surface area contributed by atoms with Gasteiger partial charge in [0.25, 0.3) is 0 Å². The molecule has 2 rings (SSSR count). The summed E-state index contributed by atoms with van der Waals surface area (Å²) < 4.78 is 13.8. The summed E-state index contributed by atoms with van der Waals surface area (Å²) in [4.78, 5) is 2.08. The van der Waals surface area contributed by atoms with Crippen LogP contribution < -0.4 is 5.73 Å². The Kier molecular flexibility index (Phi) is 4.74.